The van der Waals surface area contributed by atoms with Gasteiger partial charge in [0.25, 0.3) is 0 Å². The zero-order chi connectivity index (χ0) is 16.6. The van der Waals surface area contributed by atoms with Crippen molar-refractivity contribution >= 4 is 35.1 Å². The summed E-state index contributed by atoms with van der Waals surface area (Å²) in [7, 11) is 0. The molecule has 0 spiro atoms. The first-order valence-electron chi connectivity index (χ1n) is 7.04. The zero-order valence-electron chi connectivity index (χ0n) is 12.5. The van der Waals surface area contributed by atoms with Crippen LogP contribution in [-0.2, 0) is 9.59 Å². The standard InChI is InChI=1S/C15H16N6O2/c1-7-2-4-8(5-3-7)18-14(23)9-6-10(22)19-13-11(9)12(16)20-15(17)21-13/h2-5,9H,6H2,1H3,(H,18,23)(H5,16,17,19,20,21,22)/t9-/m1/s1. The van der Waals surface area contributed by atoms with Gasteiger partial charge in [-0.1, -0.05) is 17.7 Å². The highest BCUT2D eigenvalue weighted by molar-refractivity contribution is 6.05. The van der Waals surface area contributed by atoms with Crippen molar-refractivity contribution in [3.63, 3.8) is 0 Å². The minimum absolute atomic E-state index is 0.0256. The molecule has 1 aromatic carbocycles. The molecule has 0 saturated carbocycles. The van der Waals surface area contributed by atoms with Gasteiger partial charge in [-0.25, -0.2) is 0 Å². The Morgan fingerprint density at radius 1 is 1.26 bits per heavy atom. The molecule has 2 aromatic rings. The number of aromatic nitrogens is 2. The molecule has 23 heavy (non-hydrogen) atoms. The fraction of sp³-hybridized carbons (Fsp3) is 0.200. The van der Waals surface area contributed by atoms with Crippen molar-refractivity contribution in [3.05, 3.63) is 35.4 Å². The number of hydrogen-bond donors (Lipinski definition) is 4. The molecule has 1 aromatic heterocycles. The highest BCUT2D eigenvalue weighted by Crippen LogP contribution is 2.35. The normalized spacial score (nSPS) is 16.4. The minimum atomic E-state index is -0.763. The van der Waals surface area contributed by atoms with Crippen molar-refractivity contribution < 1.29 is 9.59 Å². The number of anilines is 4. The maximum absolute atomic E-state index is 12.6. The van der Waals surface area contributed by atoms with E-state index in [1.54, 1.807) is 12.1 Å². The molecule has 1 atom stereocenters. The summed E-state index contributed by atoms with van der Waals surface area (Å²) in [4.78, 5) is 32.2. The number of fused-ring (bicyclic) bond motifs is 1. The SMILES string of the molecule is Cc1ccc(NC(=O)[C@@H]2CC(=O)Nc3nc(N)nc(N)c32)cc1. The van der Waals surface area contributed by atoms with Crippen molar-refractivity contribution in [2.75, 3.05) is 22.1 Å². The number of amides is 2. The second-order valence-electron chi connectivity index (χ2n) is 5.39. The number of hydrogen-bond acceptors (Lipinski definition) is 6. The number of nitrogens with one attached hydrogen (secondary N) is 2. The van der Waals surface area contributed by atoms with Gasteiger partial charge in [-0.05, 0) is 19.1 Å². The quantitative estimate of drug-likeness (QED) is 0.653. The van der Waals surface area contributed by atoms with Gasteiger partial charge in [-0.15, -0.1) is 0 Å². The molecule has 8 nitrogen and oxygen atoms in total. The van der Waals surface area contributed by atoms with E-state index in [9.17, 15) is 9.59 Å². The highest BCUT2D eigenvalue weighted by Gasteiger charge is 2.34. The molecule has 0 bridgehead atoms. The van der Waals surface area contributed by atoms with E-state index < -0.39 is 5.92 Å². The molecule has 6 N–H and O–H groups in total. The van der Waals surface area contributed by atoms with E-state index in [2.05, 4.69) is 20.6 Å². The molecule has 8 heteroatoms. The van der Waals surface area contributed by atoms with Crippen LogP contribution in [0.25, 0.3) is 0 Å². The van der Waals surface area contributed by atoms with Crippen LogP contribution in [0.2, 0.25) is 0 Å². The fourth-order valence-corrected chi connectivity index (χ4v) is 2.50. The largest absolute Gasteiger partial charge is 0.383 e. The first-order chi connectivity index (χ1) is 10.9. The zero-order valence-corrected chi connectivity index (χ0v) is 12.5. The molecule has 1 aliphatic heterocycles. The van der Waals surface area contributed by atoms with E-state index in [0.717, 1.165) is 5.56 Å². The summed E-state index contributed by atoms with van der Waals surface area (Å²) in [5.74, 6) is -1.20. The molecule has 0 radical (unpaired) electrons. The number of nitrogens with zero attached hydrogens (tertiary/aromatic N) is 2. The van der Waals surface area contributed by atoms with Gasteiger partial charge in [-0.3, -0.25) is 9.59 Å². The molecule has 2 heterocycles. The molecule has 3 rings (SSSR count). The molecule has 0 saturated heterocycles. The van der Waals surface area contributed by atoms with Crippen molar-refractivity contribution in [1.82, 2.24) is 9.97 Å². The van der Waals surface area contributed by atoms with Crippen LogP contribution in [0.5, 0.6) is 0 Å². The van der Waals surface area contributed by atoms with Crippen LogP contribution in [0.1, 0.15) is 23.5 Å². The van der Waals surface area contributed by atoms with Crippen molar-refractivity contribution in [3.8, 4) is 0 Å². The molecule has 118 valence electrons. The Kier molecular flexibility index (Phi) is 3.57. The molecule has 2 amide bonds. The van der Waals surface area contributed by atoms with E-state index in [-0.39, 0.29) is 35.8 Å². The number of rotatable bonds is 2. The molecular formula is C15H16N6O2. The Hall–Kier alpha value is -3.16. The summed E-state index contributed by atoms with van der Waals surface area (Å²) < 4.78 is 0. The summed E-state index contributed by atoms with van der Waals surface area (Å²) in [6.45, 7) is 1.95. The van der Waals surface area contributed by atoms with Gasteiger partial charge in [0.05, 0.1) is 11.5 Å². The second kappa shape index (κ2) is 5.56. The first-order valence-corrected chi connectivity index (χ1v) is 7.04. The van der Waals surface area contributed by atoms with Crippen LogP contribution in [0, 0.1) is 6.92 Å². The lowest BCUT2D eigenvalue weighted by Gasteiger charge is -2.25. The third-order valence-electron chi connectivity index (χ3n) is 3.62. The van der Waals surface area contributed by atoms with Crippen molar-refractivity contribution in [2.24, 2.45) is 0 Å². The summed E-state index contributed by atoms with van der Waals surface area (Å²) in [6, 6.07) is 7.35. The van der Waals surface area contributed by atoms with Crippen LogP contribution in [0.15, 0.2) is 24.3 Å². The third-order valence-corrected chi connectivity index (χ3v) is 3.62. The second-order valence-corrected chi connectivity index (χ2v) is 5.39. The van der Waals surface area contributed by atoms with Gasteiger partial charge < -0.3 is 22.1 Å². The first kappa shape index (κ1) is 14.8. The maximum atomic E-state index is 12.6. The third kappa shape index (κ3) is 2.91. The summed E-state index contributed by atoms with van der Waals surface area (Å²) in [5.41, 5.74) is 13.5. The maximum Gasteiger partial charge on any atom is 0.232 e. The summed E-state index contributed by atoms with van der Waals surface area (Å²) >= 11 is 0. The Balaban J connectivity index is 1.92. The number of benzene rings is 1. The van der Waals surface area contributed by atoms with Gasteiger partial charge in [0.2, 0.25) is 17.8 Å². The Labute approximate surface area is 132 Å². The highest BCUT2D eigenvalue weighted by atomic mass is 16.2. The predicted octanol–water partition coefficient (Wildman–Crippen LogP) is 1.01. The average Bonchev–Trinajstić information content (AvgIpc) is 2.48. The van der Waals surface area contributed by atoms with Gasteiger partial charge in [0, 0.05) is 12.1 Å². The predicted molar refractivity (Wildman–Crippen MR) is 86.7 cm³/mol. The number of nitrogen functional groups attached to an aromatic ring is 2. The van der Waals surface area contributed by atoms with E-state index in [1.165, 1.54) is 0 Å². The van der Waals surface area contributed by atoms with E-state index in [1.807, 2.05) is 19.1 Å². The fourth-order valence-electron chi connectivity index (χ4n) is 2.50. The Bertz CT molecular complexity index is 787. The Morgan fingerprint density at radius 3 is 2.65 bits per heavy atom. The number of carbonyl (C=O) groups is 2. The molecular weight excluding hydrogens is 296 g/mol. The summed E-state index contributed by atoms with van der Waals surface area (Å²) in [5, 5.41) is 5.35. The number of nitrogens with two attached hydrogens (primary N) is 2. The van der Waals surface area contributed by atoms with E-state index >= 15 is 0 Å². The smallest absolute Gasteiger partial charge is 0.232 e. The molecule has 0 fully saturated rings. The number of carbonyl (C=O) groups excluding carboxylic acids is 2. The van der Waals surface area contributed by atoms with Crippen LogP contribution in [0.4, 0.5) is 23.3 Å². The van der Waals surface area contributed by atoms with Crippen molar-refractivity contribution in [1.29, 1.82) is 0 Å². The lowest BCUT2D eigenvalue weighted by atomic mass is 9.92. The van der Waals surface area contributed by atoms with Crippen LogP contribution in [-0.4, -0.2) is 21.8 Å². The van der Waals surface area contributed by atoms with Crippen LogP contribution >= 0.6 is 0 Å². The van der Waals surface area contributed by atoms with E-state index in [4.69, 9.17) is 11.5 Å². The monoisotopic (exact) mass is 312 g/mol. The molecule has 0 unspecified atom stereocenters. The topological polar surface area (TPSA) is 136 Å². The van der Waals surface area contributed by atoms with Gasteiger partial charge in [0.15, 0.2) is 0 Å². The number of aryl methyl sites for hydroxylation is 1. The lowest BCUT2D eigenvalue weighted by molar-refractivity contribution is -0.123. The average molecular weight is 312 g/mol. The minimum Gasteiger partial charge on any atom is -0.383 e. The van der Waals surface area contributed by atoms with Crippen LogP contribution < -0.4 is 22.1 Å². The van der Waals surface area contributed by atoms with Crippen LogP contribution in [0.3, 0.4) is 0 Å². The molecule has 1 aliphatic rings. The summed E-state index contributed by atoms with van der Waals surface area (Å²) in [6.07, 6.45) is -0.0256. The van der Waals surface area contributed by atoms with E-state index in [0.29, 0.717) is 11.3 Å². The lowest BCUT2D eigenvalue weighted by Crippen LogP contribution is -2.32. The van der Waals surface area contributed by atoms with Gasteiger partial charge in [-0.2, -0.15) is 9.97 Å². The Morgan fingerprint density at radius 2 is 1.96 bits per heavy atom. The molecule has 0 aliphatic carbocycles. The van der Waals surface area contributed by atoms with Crippen molar-refractivity contribution in [2.45, 2.75) is 19.3 Å². The van der Waals surface area contributed by atoms with Gasteiger partial charge >= 0.3 is 0 Å². The van der Waals surface area contributed by atoms with Gasteiger partial charge in [0.1, 0.15) is 11.6 Å².